The van der Waals surface area contributed by atoms with Crippen LogP contribution < -0.4 is 20.7 Å². The molecule has 1 aliphatic rings. The van der Waals surface area contributed by atoms with E-state index in [0.717, 1.165) is 9.47 Å². The fourth-order valence-electron chi connectivity index (χ4n) is 3.98. The van der Waals surface area contributed by atoms with Crippen LogP contribution in [0.5, 0.6) is 11.5 Å². The number of H-pyrrole nitrogens is 1. The van der Waals surface area contributed by atoms with Gasteiger partial charge in [0, 0.05) is 11.6 Å². The van der Waals surface area contributed by atoms with E-state index in [4.69, 9.17) is 14.2 Å². The fourth-order valence-corrected chi connectivity index (χ4v) is 3.98. The summed E-state index contributed by atoms with van der Waals surface area (Å²) in [5.41, 5.74) is -1.56. The van der Waals surface area contributed by atoms with E-state index >= 15 is 0 Å². The summed E-state index contributed by atoms with van der Waals surface area (Å²) < 4.78 is 16.4. The van der Waals surface area contributed by atoms with Gasteiger partial charge in [0.25, 0.3) is 17.4 Å². The van der Waals surface area contributed by atoms with Gasteiger partial charge in [-0.15, -0.1) is 0 Å². The lowest BCUT2D eigenvalue weighted by molar-refractivity contribution is 0.0512. The van der Waals surface area contributed by atoms with Gasteiger partial charge in [0.05, 0.1) is 50.7 Å². The van der Waals surface area contributed by atoms with Crippen LogP contribution in [-0.4, -0.2) is 53.1 Å². The molecule has 2 amide bonds. The highest BCUT2D eigenvalue weighted by molar-refractivity contribution is 6.21. The van der Waals surface area contributed by atoms with Gasteiger partial charge in [0.15, 0.2) is 0 Å². The molecule has 2 heterocycles. The highest BCUT2D eigenvalue weighted by Crippen LogP contribution is 2.26. The zero-order valence-electron chi connectivity index (χ0n) is 19.8. The number of fused-ring (bicyclic) bond motifs is 1. The third kappa shape index (κ3) is 4.26. The molecular formula is C25H23N3O8. The quantitative estimate of drug-likeness (QED) is 0.369. The molecule has 186 valence electrons. The Bertz CT molecular complexity index is 1450. The second-order valence-electron chi connectivity index (χ2n) is 7.82. The largest absolute Gasteiger partial charge is 0.497 e. The van der Waals surface area contributed by atoms with Gasteiger partial charge >= 0.3 is 11.7 Å². The van der Waals surface area contributed by atoms with Crippen molar-refractivity contribution in [1.29, 1.82) is 0 Å². The zero-order chi connectivity index (χ0) is 26.0. The minimum absolute atomic E-state index is 0.0316. The van der Waals surface area contributed by atoms with E-state index in [2.05, 4.69) is 4.98 Å². The Labute approximate surface area is 204 Å². The molecule has 1 aliphatic heterocycles. The van der Waals surface area contributed by atoms with Gasteiger partial charge in [-0.25, -0.2) is 9.59 Å². The number of esters is 1. The van der Waals surface area contributed by atoms with Crippen molar-refractivity contribution in [2.75, 3.05) is 20.8 Å². The van der Waals surface area contributed by atoms with Gasteiger partial charge in [-0.1, -0.05) is 12.1 Å². The maximum Gasteiger partial charge on any atom is 0.345 e. The molecule has 2 aromatic carbocycles. The summed E-state index contributed by atoms with van der Waals surface area (Å²) in [6.45, 7) is 0.822. The van der Waals surface area contributed by atoms with Crippen LogP contribution in [0.3, 0.4) is 0 Å². The second kappa shape index (κ2) is 9.90. The first kappa shape index (κ1) is 24.5. The van der Waals surface area contributed by atoms with Crippen molar-refractivity contribution in [3.05, 3.63) is 91.3 Å². The minimum Gasteiger partial charge on any atom is -0.497 e. The van der Waals surface area contributed by atoms with E-state index in [1.807, 2.05) is 0 Å². The van der Waals surface area contributed by atoms with E-state index < -0.39 is 41.1 Å². The molecule has 0 bridgehead atoms. The van der Waals surface area contributed by atoms with Crippen LogP contribution in [-0.2, 0) is 17.8 Å². The maximum atomic E-state index is 13.4. The zero-order valence-corrected chi connectivity index (χ0v) is 19.8. The average molecular weight is 493 g/mol. The summed E-state index contributed by atoms with van der Waals surface area (Å²) in [6.07, 6.45) is 0. The first-order valence-corrected chi connectivity index (χ1v) is 11.0. The Balaban J connectivity index is 1.78. The molecule has 0 unspecified atom stereocenters. The van der Waals surface area contributed by atoms with Crippen LogP contribution >= 0.6 is 0 Å². The van der Waals surface area contributed by atoms with Crippen LogP contribution in [0.15, 0.2) is 52.1 Å². The van der Waals surface area contributed by atoms with E-state index in [0.29, 0.717) is 17.1 Å². The Hall–Kier alpha value is -4.67. The van der Waals surface area contributed by atoms with Gasteiger partial charge in [0.1, 0.15) is 17.1 Å². The van der Waals surface area contributed by atoms with E-state index in [1.165, 1.54) is 26.4 Å². The third-order valence-electron chi connectivity index (χ3n) is 5.76. The van der Waals surface area contributed by atoms with Gasteiger partial charge in [-0.2, -0.15) is 0 Å². The van der Waals surface area contributed by atoms with Crippen LogP contribution in [0.4, 0.5) is 0 Å². The van der Waals surface area contributed by atoms with Crippen LogP contribution in [0, 0.1) is 0 Å². The minimum atomic E-state index is -0.985. The van der Waals surface area contributed by atoms with Crippen molar-refractivity contribution in [1.82, 2.24) is 14.5 Å². The molecule has 0 aliphatic carbocycles. The second-order valence-corrected chi connectivity index (χ2v) is 7.82. The first-order chi connectivity index (χ1) is 17.3. The predicted molar refractivity (Wildman–Crippen MR) is 127 cm³/mol. The standard InChI is InChI=1S/C25H23N3O8/c1-4-36-24(32)20-18(13-27-21(29)16-7-5-6-8-17(16)22(27)30)26-25(33)28(23(20)31)12-14-9-10-15(34-2)11-19(14)35-3/h5-11H,4,12-13H2,1-3H3,(H,26,33). The lowest BCUT2D eigenvalue weighted by Gasteiger charge is -2.17. The molecule has 11 nitrogen and oxygen atoms in total. The molecule has 4 rings (SSSR count). The molecule has 3 aromatic rings. The highest BCUT2D eigenvalue weighted by Gasteiger charge is 2.36. The summed E-state index contributed by atoms with van der Waals surface area (Å²) in [5.74, 6) is -1.30. The number of nitrogens with one attached hydrogen (secondary N) is 1. The number of amides is 2. The van der Waals surface area contributed by atoms with E-state index in [1.54, 1.807) is 37.3 Å². The summed E-state index contributed by atoms with van der Waals surface area (Å²) in [6, 6.07) is 11.1. The number of imide groups is 1. The van der Waals surface area contributed by atoms with Crippen molar-refractivity contribution < 1.29 is 28.6 Å². The number of benzene rings is 2. The Morgan fingerprint density at radius 3 is 2.17 bits per heavy atom. The van der Waals surface area contributed by atoms with Crippen molar-refractivity contribution in [3.63, 3.8) is 0 Å². The molecule has 1 N–H and O–H groups in total. The lowest BCUT2D eigenvalue weighted by atomic mass is 10.1. The number of aromatic nitrogens is 2. The van der Waals surface area contributed by atoms with E-state index in [-0.39, 0.29) is 30.0 Å². The molecular weight excluding hydrogens is 470 g/mol. The molecule has 0 saturated carbocycles. The number of carbonyl (C=O) groups is 3. The van der Waals surface area contributed by atoms with Gasteiger partial charge < -0.3 is 19.2 Å². The third-order valence-corrected chi connectivity index (χ3v) is 5.76. The number of aromatic amines is 1. The van der Waals surface area contributed by atoms with Gasteiger partial charge in [-0.3, -0.25) is 23.9 Å². The Morgan fingerprint density at radius 1 is 0.917 bits per heavy atom. The van der Waals surface area contributed by atoms with Crippen molar-refractivity contribution in [2.24, 2.45) is 0 Å². The number of methoxy groups -OCH3 is 2. The lowest BCUT2D eigenvalue weighted by Crippen LogP contribution is -2.42. The maximum absolute atomic E-state index is 13.4. The number of hydrogen-bond donors (Lipinski definition) is 1. The SMILES string of the molecule is CCOC(=O)c1c(CN2C(=O)c3ccccc3C2=O)[nH]c(=O)n(Cc2ccc(OC)cc2OC)c1=O. The molecule has 36 heavy (non-hydrogen) atoms. The monoisotopic (exact) mass is 493 g/mol. The first-order valence-electron chi connectivity index (χ1n) is 11.0. The number of ether oxygens (including phenoxy) is 3. The Morgan fingerprint density at radius 2 is 1.58 bits per heavy atom. The Kier molecular flexibility index (Phi) is 6.73. The van der Waals surface area contributed by atoms with Crippen LogP contribution in [0.25, 0.3) is 0 Å². The van der Waals surface area contributed by atoms with Gasteiger partial charge in [0.2, 0.25) is 0 Å². The van der Waals surface area contributed by atoms with E-state index in [9.17, 15) is 24.0 Å². The van der Waals surface area contributed by atoms with Crippen molar-refractivity contribution in [2.45, 2.75) is 20.0 Å². The normalized spacial score (nSPS) is 12.5. The number of rotatable bonds is 8. The molecule has 0 atom stereocenters. The number of carbonyl (C=O) groups excluding carboxylic acids is 3. The van der Waals surface area contributed by atoms with Crippen LogP contribution in [0.2, 0.25) is 0 Å². The highest BCUT2D eigenvalue weighted by atomic mass is 16.5. The average Bonchev–Trinajstić information content (AvgIpc) is 3.11. The molecule has 11 heteroatoms. The van der Waals surface area contributed by atoms with Crippen molar-refractivity contribution in [3.8, 4) is 11.5 Å². The predicted octanol–water partition coefficient (Wildman–Crippen LogP) is 1.57. The summed E-state index contributed by atoms with van der Waals surface area (Å²) in [5, 5.41) is 0. The summed E-state index contributed by atoms with van der Waals surface area (Å²) in [7, 11) is 2.92. The smallest absolute Gasteiger partial charge is 0.345 e. The topological polar surface area (TPSA) is 137 Å². The number of hydrogen-bond acceptors (Lipinski definition) is 8. The summed E-state index contributed by atoms with van der Waals surface area (Å²) in [4.78, 5) is 68.1. The molecule has 0 saturated heterocycles. The molecule has 0 radical (unpaired) electrons. The fraction of sp³-hybridized carbons (Fsp3) is 0.240. The van der Waals surface area contributed by atoms with Gasteiger partial charge in [-0.05, 0) is 31.2 Å². The summed E-state index contributed by atoms with van der Waals surface area (Å²) >= 11 is 0. The van der Waals surface area contributed by atoms with Crippen molar-refractivity contribution >= 4 is 17.8 Å². The molecule has 1 aromatic heterocycles. The molecule has 0 fully saturated rings. The number of nitrogens with zero attached hydrogens (tertiary/aromatic N) is 2. The molecule has 0 spiro atoms. The van der Waals surface area contributed by atoms with Crippen LogP contribution in [0.1, 0.15) is 49.3 Å².